The molecule has 0 saturated carbocycles. The number of aliphatic carboxylic acids is 1. The van der Waals surface area contributed by atoms with E-state index >= 15 is 0 Å². The molecule has 3 N–H and O–H groups in total. The van der Waals surface area contributed by atoms with Gasteiger partial charge in [-0.3, -0.25) is 9.78 Å². The van der Waals surface area contributed by atoms with Crippen molar-refractivity contribution in [3.63, 3.8) is 0 Å². The van der Waals surface area contributed by atoms with E-state index in [0.717, 1.165) is 0 Å². The molecule has 0 radical (unpaired) electrons. The number of hydrogen-bond acceptors (Lipinski definition) is 4. The standard InChI is InChI=1S/C13H14N4O3/c18-12(6-9-3-1-2-4-15-9)17-11(13(19)20)5-10-7-14-8-16-10/h1-4,7-8,11H,5-6H2,(H,14,16)(H,17,18)(H,19,20)/t11-/m1/s1. The average molecular weight is 274 g/mol. The van der Waals surface area contributed by atoms with E-state index in [1.54, 1.807) is 24.4 Å². The van der Waals surface area contributed by atoms with E-state index < -0.39 is 12.0 Å². The summed E-state index contributed by atoms with van der Waals surface area (Å²) in [6, 6.07) is 4.24. The zero-order valence-corrected chi connectivity index (χ0v) is 10.6. The molecule has 0 fully saturated rings. The van der Waals surface area contributed by atoms with Crippen molar-refractivity contribution >= 4 is 11.9 Å². The molecule has 0 spiro atoms. The van der Waals surface area contributed by atoms with Crippen molar-refractivity contribution in [2.75, 3.05) is 0 Å². The van der Waals surface area contributed by atoms with Gasteiger partial charge in [0, 0.05) is 30.2 Å². The van der Waals surface area contributed by atoms with E-state index in [2.05, 4.69) is 20.3 Å². The average Bonchev–Trinajstić information content (AvgIpc) is 2.92. The second-order valence-electron chi connectivity index (χ2n) is 4.24. The number of nitrogens with zero attached hydrogens (tertiary/aromatic N) is 2. The molecule has 1 amide bonds. The monoisotopic (exact) mass is 274 g/mol. The van der Waals surface area contributed by atoms with Crippen LogP contribution >= 0.6 is 0 Å². The summed E-state index contributed by atoms with van der Waals surface area (Å²) in [5.41, 5.74) is 1.24. The van der Waals surface area contributed by atoms with Crippen molar-refractivity contribution < 1.29 is 14.7 Å². The summed E-state index contributed by atoms with van der Waals surface area (Å²) in [5, 5.41) is 11.6. The Labute approximate surface area is 115 Å². The molecule has 2 rings (SSSR count). The second-order valence-corrected chi connectivity index (χ2v) is 4.24. The van der Waals surface area contributed by atoms with Gasteiger partial charge in [-0.2, -0.15) is 0 Å². The summed E-state index contributed by atoms with van der Waals surface area (Å²) in [6.07, 6.45) is 4.78. The van der Waals surface area contributed by atoms with Crippen LogP contribution in [-0.4, -0.2) is 38.0 Å². The zero-order valence-electron chi connectivity index (χ0n) is 10.6. The fourth-order valence-electron chi connectivity index (χ4n) is 1.73. The molecule has 0 aliphatic rings. The van der Waals surface area contributed by atoms with E-state index in [-0.39, 0.29) is 18.7 Å². The van der Waals surface area contributed by atoms with Crippen LogP contribution in [0.3, 0.4) is 0 Å². The summed E-state index contributed by atoms with van der Waals surface area (Å²) >= 11 is 0. The number of nitrogens with one attached hydrogen (secondary N) is 2. The molecule has 7 nitrogen and oxygen atoms in total. The Morgan fingerprint density at radius 1 is 1.40 bits per heavy atom. The van der Waals surface area contributed by atoms with Gasteiger partial charge >= 0.3 is 5.97 Å². The van der Waals surface area contributed by atoms with Crippen molar-refractivity contribution in [2.45, 2.75) is 18.9 Å². The number of imidazole rings is 1. The van der Waals surface area contributed by atoms with Gasteiger partial charge in [0.25, 0.3) is 0 Å². The first-order valence-corrected chi connectivity index (χ1v) is 6.04. The third-order valence-electron chi connectivity index (χ3n) is 2.68. The Morgan fingerprint density at radius 3 is 2.85 bits per heavy atom. The molecule has 2 aromatic rings. The van der Waals surface area contributed by atoms with Crippen LogP contribution in [0, 0.1) is 0 Å². The molecule has 0 aromatic carbocycles. The molecule has 0 saturated heterocycles. The minimum atomic E-state index is -1.09. The first kappa shape index (κ1) is 13.7. The fraction of sp³-hybridized carbons (Fsp3) is 0.231. The maximum atomic E-state index is 11.8. The lowest BCUT2D eigenvalue weighted by Crippen LogP contribution is -2.43. The fourth-order valence-corrected chi connectivity index (χ4v) is 1.73. The topological polar surface area (TPSA) is 108 Å². The lowest BCUT2D eigenvalue weighted by atomic mass is 10.1. The SMILES string of the molecule is O=C(Cc1ccccn1)N[C@H](Cc1cnc[nH]1)C(=O)O. The zero-order chi connectivity index (χ0) is 14.4. The Bertz CT molecular complexity index is 569. The Kier molecular flexibility index (Phi) is 4.43. The van der Waals surface area contributed by atoms with Crippen molar-refractivity contribution in [1.82, 2.24) is 20.3 Å². The minimum absolute atomic E-state index is 0.0492. The van der Waals surface area contributed by atoms with Crippen LogP contribution < -0.4 is 5.32 Å². The highest BCUT2D eigenvalue weighted by atomic mass is 16.4. The summed E-state index contributed by atoms with van der Waals surface area (Å²) < 4.78 is 0. The van der Waals surface area contributed by atoms with Crippen LogP contribution in [0.4, 0.5) is 0 Å². The van der Waals surface area contributed by atoms with E-state index in [9.17, 15) is 9.59 Å². The molecule has 2 heterocycles. The number of aromatic nitrogens is 3. The van der Waals surface area contributed by atoms with Crippen LogP contribution in [0.15, 0.2) is 36.9 Å². The summed E-state index contributed by atoms with van der Waals surface area (Å²) in [7, 11) is 0. The number of rotatable bonds is 6. The maximum Gasteiger partial charge on any atom is 0.326 e. The van der Waals surface area contributed by atoms with Crippen molar-refractivity contribution in [1.29, 1.82) is 0 Å². The molecule has 104 valence electrons. The highest BCUT2D eigenvalue weighted by Gasteiger charge is 2.21. The molecule has 1 atom stereocenters. The number of carboxylic acid groups (broad SMARTS) is 1. The molecule has 0 aliphatic carbocycles. The van der Waals surface area contributed by atoms with Gasteiger partial charge in [0.05, 0.1) is 12.7 Å². The lowest BCUT2D eigenvalue weighted by Gasteiger charge is -2.13. The van der Waals surface area contributed by atoms with E-state index in [4.69, 9.17) is 5.11 Å². The molecule has 7 heteroatoms. The van der Waals surface area contributed by atoms with Gasteiger partial charge in [-0.25, -0.2) is 9.78 Å². The number of amides is 1. The van der Waals surface area contributed by atoms with Crippen molar-refractivity contribution in [2.24, 2.45) is 0 Å². The number of carboxylic acids is 1. The van der Waals surface area contributed by atoms with E-state index in [1.807, 2.05) is 0 Å². The number of H-pyrrole nitrogens is 1. The number of hydrogen-bond donors (Lipinski definition) is 3. The van der Waals surface area contributed by atoms with Gasteiger partial charge in [-0.15, -0.1) is 0 Å². The van der Waals surface area contributed by atoms with Gasteiger partial charge in [0.1, 0.15) is 6.04 Å². The molecule has 2 aromatic heterocycles. The van der Waals surface area contributed by atoms with Crippen molar-refractivity contribution in [3.8, 4) is 0 Å². The summed E-state index contributed by atoms with van der Waals surface area (Å²) in [6.45, 7) is 0. The van der Waals surface area contributed by atoms with Crippen LogP contribution in [-0.2, 0) is 22.4 Å². The van der Waals surface area contributed by atoms with E-state index in [0.29, 0.717) is 11.4 Å². The van der Waals surface area contributed by atoms with Crippen LogP contribution in [0.1, 0.15) is 11.4 Å². The van der Waals surface area contributed by atoms with Gasteiger partial charge in [0.15, 0.2) is 0 Å². The molecule has 0 unspecified atom stereocenters. The normalized spacial score (nSPS) is 11.8. The predicted molar refractivity (Wildman–Crippen MR) is 69.8 cm³/mol. The Morgan fingerprint density at radius 2 is 2.25 bits per heavy atom. The number of pyridine rings is 1. The summed E-state index contributed by atoms with van der Waals surface area (Å²) in [5.74, 6) is -1.47. The molecule has 0 bridgehead atoms. The van der Waals surface area contributed by atoms with Gasteiger partial charge in [0.2, 0.25) is 5.91 Å². The second kappa shape index (κ2) is 6.46. The lowest BCUT2D eigenvalue weighted by molar-refractivity contribution is -0.141. The maximum absolute atomic E-state index is 11.8. The first-order chi connectivity index (χ1) is 9.65. The number of aromatic amines is 1. The smallest absolute Gasteiger partial charge is 0.326 e. The highest BCUT2D eigenvalue weighted by Crippen LogP contribution is 2.00. The molecule has 20 heavy (non-hydrogen) atoms. The van der Waals surface area contributed by atoms with Crippen molar-refractivity contribution in [3.05, 3.63) is 48.3 Å². The summed E-state index contributed by atoms with van der Waals surface area (Å²) in [4.78, 5) is 33.6. The number of carbonyl (C=O) groups excluding carboxylic acids is 1. The third-order valence-corrected chi connectivity index (χ3v) is 2.68. The first-order valence-electron chi connectivity index (χ1n) is 6.04. The van der Waals surface area contributed by atoms with Crippen LogP contribution in [0.2, 0.25) is 0 Å². The van der Waals surface area contributed by atoms with E-state index in [1.165, 1.54) is 12.5 Å². The largest absolute Gasteiger partial charge is 0.480 e. The third kappa shape index (κ3) is 3.91. The Balaban J connectivity index is 1.94. The van der Waals surface area contributed by atoms with Gasteiger partial charge in [-0.05, 0) is 12.1 Å². The quantitative estimate of drug-likeness (QED) is 0.695. The Hall–Kier alpha value is -2.70. The minimum Gasteiger partial charge on any atom is -0.480 e. The highest BCUT2D eigenvalue weighted by molar-refractivity contribution is 5.84. The van der Waals surface area contributed by atoms with Gasteiger partial charge in [-0.1, -0.05) is 6.07 Å². The van der Waals surface area contributed by atoms with Crippen LogP contribution in [0.25, 0.3) is 0 Å². The molecule has 0 aliphatic heterocycles. The molecular formula is C13H14N4O3. The van der Waals surface area contributed by atoms with Gasteiger partial charge < -0.3 is 15.4 Å². The predicted octanol–water partition coefficient (Wildman–Crippen LogP) is 0.159. The van der Waals surface area contributed by atoms with Crippen LogP contribution in [0.5, 0.6) is 0 Å². The molecular weight excluding hydrogens is 260 g/mol. The number of carbonyl (C=O) groups is 2.